The van der Waals surface area contributed by atoms with E-state index in [0.29, 0.717) is 4.47 Å². The van der Waals surface area contributed by atoms with Gasteiger partial charge in [-0.05, 0) is 52.7 Å². The third kappa shape index (κ3) is 3.29. The molecular weight excluding hydrogens is 332 g/mol. The molecule has 1 saturated heterocycles. The molecule has 0 radical (unpaired) electrons. The van der Waals surface area contributed by atoms with E-state index in [9.17, 15) is 10.1 Å². The molecule has 0 N–H and O–H groups in total. The van der Waals surface area contributed by atoms with E-state index in [1.807, 2.05) is 6.07 Å². The van der Waals surface area contributed by atoms with Crippen LogP contribution in [-0.2, 0) is 6.54 Å². The minimum atomic E-state index is -0.318. The van der Waals surface area contributed by atoms with Crippen LogP contribution in [-0.4, -0.2) is 22.9 Å². The van der Waals surface area contributed by atoms with Gasteiger partial charge in [0.25, 0.3) is 5.69 Å². The van der Waals surface area contributed by atoms with Crippen LogP contribution >= 0.6 is 15.9 Å². The number of nitrogens with zero attached hydrogens (tertiary/aromatic N) is 2. The molecule has 2 atom stereocenters. The first-order valence-electron chi connectivity index (χ1n) is 7.79. The van der Waals surface area contributed by atoms with Gasteiger partial charge in [0.1, 0.15) is 0 Å². The van der Waals surface area contributed by atoms with E-state index in [1.165, 1.54) is 32.1 Å². The molecule has 1 aromatic rings. The van der Waals surface area contributed by atoms with Crippen molar-refractivity contribution >= 4 is 21.6 Å². The lowest BCUT2D eigenvalue weighted by Gasteiger charge is -2.41. The lowest BCUT2D eigenvalue weighted by atomic mass is 9.75. The number of hydrogen-bond donors (Lipinski definition) is 0. The van der Waals surface area contributed by atoms with Crippen LogP contribution in [0.15, 0.2) is 22.7 Å². The topological polar surface area (TPSA) is 46.4 Å². The average molecular weight is 353 g/mol. The van der Waals surface area contributed by atoms with Gasteiger partial charge in [0.15, 0.2) is 0 Å². The summed E-state index contributed by atoms with van der Waals surface area (Å²) < 4.78 is 0.640. The molecule has 3 rings (SSSR count). The molecule has 0 spiro atoms. The maximum absolute atomic E-state index is 11.0. The zero-order valence-corrected chi connectivity index (χ0v) is 13.7. The number of hydrogen-bond acceptors (Lipinski definition) is 3. The second kappa shape index (κ2) is 6.44. The third-order valence-electron chi connectivity index (χ3n) is 5.02. The van der Waals surface area contributed by atoms with Crippen molar-refractivity contribution in [2.24, 2.45) is 11.8 Å². The van der Waals surface area contributed by atoms with E-state index in [4.69, 9.17) is 0 Å². The van der Waals surface area contributed by atoms with Crippen molar-refractivity contribution in [1.82, 2.24) is 4.90 Å². The minimum absolute atomic E-state index is 0.167. The van der Waals surface area contributed by atoms with Crippen molar-refractivity contribution in [1.29, 1.82) is 0 Å². The zero-order chi connectivity index (χ0) is 14.8. The number of piperidine rings is 1. The summed E-state index contributed by atoms with van der Waals surface area (Å²) in [6, 6.07) is 5.33. The normalized spacial score (nSPS) is 26.3. The Balaban J connectivity index is 1.69. The molecule has 1 aliphatic carbocycles. The van der Waals surface area contributed by atoms with Gasteiger partial charge in [-0.1, -0.05) is 31.4 Å². The predicted molar refractivity (Wildman–Crippen MR) is 86.1 cm³/mol. The van der Waals surface area contributed by atoms with E-state index < -0.39 is 0 Å². The van der Waals surface area contributed by atoms with E-state index >= 15 is 0 Å². The monoisotopic (exact) mass is 352 g/mol. The number of benzene rings is 1. The fourth-order valence-corrected chi connectivity index (χ4v) is 4.42. The largest absolute Gasteiger partial charge is 0.299 e. The Bertz CT molecular complexity index is 535. The number of rotatable bonds is 3. The Labute approximate surface area is 133 Å². The van der Waals surface area contributed by atoms with Gasteiger partial charge in [-0.25, -0.2) is 0 Å². The maximum Gasteiger partial charge on any atom is 0.283 e. The smallest absolute Gasteiger partial charge is 0.283 e. The van der Waals surface area contributed by atoms with Crippen LogP contribution in [0.3, 0.4) is 0 Å². The van der Waals surface area contributed by atoms with Crippen LogP contribution in [0.4, 0.5) is 5.69 Å². The SMILES string of the molecule is O=[N+]([O-])c1cccc(CN2CCC3CCCCC3C2)c1Br. The highest BCUT2D eigenvalue weighted by atomic mass is 79.9. The standard InChI is InChI=1S/C16H21BrN2O2/c17-16-14(6-3-7-15(16)19(20)21)11-18-9-8-12-4-1-2-5-13(12)10-18/h3,6-7,12-13H,1-2,4-5,8-11H2. The summed E-state index contributed by atoms with van der Waals surface area (Å²) in [5.41, 5.74) is 1.19. The second-order valence-electron chi connectivity index (χ2n) is 6.34. The zero-order valence-electron chi connectivity index (χ0n) is 12.1. The van der Waals surface area contributed by atoms with E-state index in [2.05, 4.69) is 20.8 Å². The Morgan fingerprint density at radius 3 is 2.76 bits per heavy atom. The van der Waals surface area contributed by atoms with Crippen LogP contribution in [0.25, 0.3) is 0 Å². The molecule has 21 heavy (non-hydrogen) atoms. The van der Waals surface area contributed by atoms with Gasteiger partial charge in [-0.3, -0.25) is 15.0 Å². The van der Waals surface area contributed by atoms with Gasteiger partial charge in [0, 0.05) is 19.2 Å². The molecule has 1 aromatic carbocycles. The van der Waals surface area contributed by atoms with Crippen molar-refractivity contribution in [2.45, 2.75) is 38.6 Å². The first-order chi connectivity index (χ1) is 10.1. The molecule has 1 saturated carbocycles. The molecule has 114 valence electrons. The summed E-state index contributed by atoms with van der Waals surface area (Å²) in [7, 11) is 0. The maximum atomic E-state index is 11.0. The van der Waals surface area contributed by atoms with Gasteiger partial charge >= 0.3 is 0 Å². The molecule has 0 aromatic heterocycles. The number of likely N-dealkylation sites (tertiary alicyclic amines) is 1. The Morgan fingerprint density at radius 2 is 2.00 bits per heavy atom. The van der Waals surface area contributed by atoms with Crippen molar-refractivity contribution in [2.75, 3.05) is 13.1 Å². The highest BCUT2D eigenvalue weighted by molar-refractivity contribution is 9.10. The van der Waals surface area contributed by atoms with Gasteiger partial charge < -0.3 is 0 Å². The third-order valence-corrected chi connectivity index (χ3v) is 5.94. The summed E-state index contributed by atoms with van der Waals surface area (Å²) in [5, 5.41) is 11.0. The molecule has 4 nitrogen and oxygen atoms in total. The van der Waals surface area contributed by atoms with Crippen LogP contribution in [0.5, 0.6) is 0 Å². The fraction of sp³-hybridized carbons (Fsp3) is 0.625. The van der Waals surface area contributed by atoms with E-state index in [-0.39, 0.29) is 10.6 Å². The Morgan fingerprint density at radius 1 is 1.24 bits per heavy atom. The van der Waals surface area contributed by atoms with Crippen LogP contribution < -0.4 is 0 Å². The summed E-state index contributed by atoms with van der Waals surface area (Å²) >= 11 is 3.41. The van der Waals surface area contributed by atoms with Gasteiger partial charge in [0.05, 0.1) is 9.40 Å². The van der Waals surface area contributed by atoms with Crippen LogP contribution in [0, 0.1) is 22.0 Å². The molecule has 0 bridgehead atoms. The first kappa shape index (κ1) is 15.0. The number of fused-ring (bicyclic) bond motifs is 1. The molecule has 1 heterocycles. The summed E-state index contributed by atoms with van der Waals surface area (Å²) in [6.45, 7) is 3.08. The van der Waals surface area contributed by atoms with Crippen molar-refractivity contribution in [3.63, 3.8) is 0 Å². The summed E-state index contributed by atoms with van der Waals surface area (Å²) in [4.78, 5) is 13.2. The second-order valence-corrected chi connectivity index (χ2v) is 7.13. The summed E-state index contributed by atoms with van der Waals surface area (Å²) in [6.07, 6.45) is 6.82. The number of nitro groups is 1. The van der Waals surface area contributed by atoms with Gasteiger partial charge in [0.2, 0.25) is 0 Å². The van der Waals surface area contributed by atoms with Crippen LogP contribution in [0.1, 0.15) is 37.7 Å². The van der Waals surface area contributed by atoms with Crippen molar-refractivity contribution < 1.29 is 4.92 Å². The lowest BCUT2D eigenvalue weighted by molar-refractivity contribution is -0.385. The highest BCUT2D eigenvalue weighted by Gasteiger charge is 2.31. The molecule has 2 fully saturated rings. The summed E-state index contributed by atoms with van der Waals surface area (Å²) in [5.74, 6) is 1.76. The lowest BCUT2D eigenvalue weighted by Crippen LogP contribution is -2.41. The molecular formula is C16H21BrN2O2. The molecule has 5 heteroatoms. The Hall–Kier alpha value is -0.940. The van der Waals surface area contributed by atoms with E-state index in [1.54, 1.807) is 12.1 Å². The van der Waals surface area contributed by atoms with Crippen molar-refractivity contribution in [3.05, 3.63) is 38.3 Å². The predicted octanol–water partition coefficient (Wildman–Crippen LogP) is 4.37. The Kier molecular flexibility index (Phi) is 4.60. The molecule has 1 aliphatic heterocycles. The first-order valence-corrected chi connectivity index (χ1v) is 8.58. The quantitative estimate of drug-likeness (QED) is 0.599. The highest BCUT2D eigenvalue weighted by Crippen LogP contribution is 2.37. The van der Waals surface area contributed by atoms with E-state index in [0.717, 1.165) is 37.0 Å². The fourth-order valence-electron chi connectivity index (χ4n) is 3.89. The van der Waals surface area contributed by atoms with Gasteiger partial charge in [-0.2, -0.15) is 0 Å². The molecule has 2 aliphatic rings. The van der Waals surface area contributed by atoms with Crippen LogP contribution in [0.2, 0.25) is 0 Å². The average Bonchev–Trinajstić information content (AvgIpc) is 2.49. The minimum Gasteiger partial charge on any atom is -0.299 e. The van der Waals surface area contributed by atoms with Gasteiger partial charge in [-0.15, -0.1) is 0 Å². The number of halogens is 1. The van der Waals surface area contributed by atoms with Crippen molar-refractivity contribution in [3.8, 4) is 0 Å². The molecule has 2 unspecified atom stereocenters. The number of nitro benzene ring substituents is 1. The molecule has 0 amide bonds.